The molecule has 0 saturated carbocycles. The first-order valence-corrected chi connectivity index (χ1v) is 7.80. The fraction of sp³-hybridized carbons (Fsp3) is 0.176. The minimum atomic E-state index is -0.548. The van der Waals surface area contributed by atoms with Crippen molar-refractivity contribution in [3.8, 4) is 0 Å². The highest BCUT2D eigenvalue weighted by atomic mass is 79.9. The number of rotatable bonds is 5. The van der Waals surface area contributed by atoms with Crippen LogP contribution in [0, 0.1) is 0 Å². The first-order valence-electron chi connectivity index (χ1n) is 7.01. The average molecular weight is 377 g/mol. The molecule has 0 bridgehead atoms. The van der Waals surface area contributed by atoms with Crippen LogP contribution in [0.3, 0.4) is 0 Å². The second-order valence-electron chi connectivity index (χ2n) is 4.88. The quantitative estimate of drug-likeness (QED) is 0.836. The number of amides is 2. The van der Waals surface area contributed by atoms with Crippen molar-refractivity contribution in [1.82, 2.24) is 0 Å². The lowest BCUT2D eigenvalue weighted by atomic mass is 10.2. The number of ether oxygens (including phenoxy) is 1. The van der Waals surface area contributed by atoms with E-state index < -0.39 is 6.10 Å². The number of methoxy groups -OCH3 is 1. The zero-order chi connectivity index (χ0) is 16.8. The average Bonchev–Trinajstić information content (AvgIpc) is 2.54. The molecule has 2 aromatic rings. The lowest BCUT2D eigenvalue weighted by Gasteiger charge is -2.12. The molecule has 120 valence electrons. The molecule has 6 heteroatoms. The van der Waals surface area contributed by atoms with Gasteiger partial charge in [0.1, 0.15) is 6.10 Å². The van der Waals surface area contributed by atoms with Crippen molar-refractivity contribution in [2.24, 2.45) is 0 Å². The fourth-order valence-corrected chi connectivity index (χ4v) is 2.33. The maximum absolute atomic E-state index is 12.3. The Morgan fingerprint density at radius 3 is 2.35 bits per heavy atom. The van der Waals surface area contributed by atoms with Crippen LogP contribution in [0.4, 0.5) is 11.4 Å². The van der Waals surface area contributed by atoms with E-state index >= 15 is 0 Å². The van der Waals surface area contributed by atoms with Gasteiger partial charge in [-0.05, 0) is 53.2 Å². The molecular formula is C17H17BrN2O3. The van der Waals surface area contributed by atoms with Gasteiger partial charge in [0.05, 0.1) is 5.56 Å². The van der Waals surface area contributed by atoms with Crippen LogP contribution in [0.2, 0.25) is 0 Å². The minimum Gasteiger partial charge on any atom is -0.372 e. The summed E-state index contributed by atoms with van der Waals surface area (Å²) in [6.07, 6.45) is -0.548. The second kappa shape index (κ2) is 7.89. The van der Waals surface area contributed by atoms with Gasteiger partial charge in [-0.2, -0.15) is 0 Å². The van der Waals surface area contributed by atoms with Crippen LogP contribution >= 0.6 is 15.9 Å². The van der Waals surface area contributed by atoms with Crippen molar-refractivity contribution in [2.75, 3.05) is 17.7 Å². The maximum Gasteiger partial charge on any atom is 0.256 e. The highest BCUT2D eigenvalue weighted by Crippen LogP contribution is 2.20. The van der Waals surface area contributed by atoms with Gasteiger partial charge in [-0.3, -0.25) is 9.59 Å². The third kappa shape index (κ3) is 4.64. The van der Waals surface area contributed by atoms with Crippen LogP contribution in [-0.2, 0) is 9.53 Å². The van der Waals surface area contributed by atoms with E-state index in [1.165, 1.54) is 7.11 Å². The first kappa shape index (κ1) is 17.2. The van der Waals surface area contributed by atoms with Gasteiger partial charge in [0, 0.05) is 23.0 Å². The molecule has 0 aliphatic heterocycles. The zero-order valence-electron chi connectivity index (χ0n) is 12.8. The van der Waals surface area contributed by atoms with E-state index in [0.29, 0.717) is 16.9 Å². The largest absolute Gasteiger partial charge is 0.372 e. The predicted molar refractivity (Wildman–Crippen MR) is 93.6 cm³/mol. The SMILES string of the molecule is COC(C)C(=O)Nc1cccc(NC(=O)c2ccccc2Br)c1. The van der Waals surface area contributed by atoms with Crippen LogP contribution in [0.1, 0.15) is 17.3 Å². The molecule has 23 heavy (non-hydrogen) atoms. The van der Waals surface area contributed by atoms with E-state index in [1.54, 1.807) is 49.4 Å². The summed E-state index contributed by atoms with van der Waals surface area (Å²) in [5.74, 6) is -0.479. The normalized spacial score (nSPS) is 11.6. The molecule has 2 N–H and O–H groups in total. The number of halogens is 1. The van der Waals surface area contributed by atoms with Gasteiger partial charge in [-0.1, -0.05) is 18.2 Å². The number of nitrogens with one attached hydrogen (secondary N) is 2. The molecule has 2 rings (SSSR count). The van der Waals surface area contributed by atoms with E-state index in [1.807, 2.05) is 6.07 Å². The molecule has 5 nitrogen and oxygen atoms in total. The van der Waals surface area contributed by atoms with Crippen molar-refractivity contribution >= 4 is 39.1 Å². The summed E-state index contributed by atoms with van der Waals surface area (Å²) in [6, 6.07) is 14.1. The smallest absolute Gasteiger partial charge is 0.256 e. The Kier molecular flexibility index (Phi) is 5.90. The Balaban J connectivity index is 2.10. The molecule has 0 spiro atoms. The lowest BCUT2D eigenvalue weighted by molar-refractivity contribution is -0.124. The van der Waals surface area contributed by atoms with Gasteiger partial charge >= 0.3 is 0 Å². The summed E-state index contributed by atoms with van der Waals surface area (Å²) in [4.78, 5) is 24.1. The molecule has 2 amide bonds. The molecule has 1 atom stereocenters. The topological polar surface area (TPSA) is 67.4 Å². The molecule has 0 saturated heterocycles. The molecule has 0 aliphatic rings. The molecule has 2 aromatic carbocycles. The van der Waals surface area contributed by atoms with Crippen molar-refractivity contribution in [3.63, 3.8) is 0 Å². The summed E-state index contributed by atoms with van der Waals surface area (Å²) in [6.45, 7) is 1.66. The summed E-state index contributed by atoms with van der Waals surface area (Å²) in [5, 5.41) is 5.54. The Hall–Kier alpha value is -2.18. The lowest BCUT2D eigenvalue weighted by Crippen LogP contribution is -2.26. The number of carbonyl (C=O) groups is 2. The highest BCUT2D eigenvalue weighted by Gasteiger charge is 2.13. The summed E-state index contributed by atoms with van der Waals surface area (Å²) >= 11 is 3.35. The van der Waals surface area contributed by atoms with Crippen LogP contribution in [0.15, 0.2) is 53.0 Å². The molecule has 0 radical (unpaired) electrons. The van der Waals surface area contributed by atoms with Gasteiger partial charge in [0.15, 0.2) is 0 Å². The third-order valence-electron chi connectivity index (χ3n) is 3.23. The second-order valence-corrected chi connectivity index (χ2v) is 5.74. The molecule has 0 fully saturated rings. The molecule has 1 unspecified atom stereocenters. The van der Waals surface area contributed by atoms with Gasteiger partial charge in [0.2, 0.25) is 0 Å². The molecule has 0 heterocycles. The van der Waals surface area contributed by atoms with E-state index in [4.69, 9.17) is 4.74 Å². The Morgan fingerprint density at radius 1 is 1.04 bits per heavy atom. The van der Waals surface area contributed by atoms with Gasteiger partial charge in [-0.25, -0.2) is 0 Å². The van der Waals surface area contributed by atoms with Gasteiger partial charge in [0.25, 0.3) is 11.8 Å². The third-order valence-corrected chi connectivity index (χ3v) is 3.92. The number of hydrogen-bond donors (Lipinski definition) is 2. The molecular weight excluding hydrogens is 360 g/mol. The van der Waals surface area contributed by atoms with E-state index in [-0.39, 0.29) is 11.8 Å². The Morgan fingerprint density at radius 2 is 1.70 bits per heavy atom. The number of hydrogen-bond acceptors (Lipinski definition) is 3. The maximum atomic E-state index is 12.3. The van der Waals surface area contributed by atoms with Crippen molar-refractivity contribution in [1.29, 1.82) is 0 Å². The standard InChI is InChI=1S/C17H17BrN2O3/c1-11(23-2)16(21)19-12-6-5-7-13(10-12)20-17(22)14-8-3-4-9-15(14)18/h3-11H,1-2H3,(H,19,21)(H,20,22). The zero-order valence-corrected chi connectivity index (χ0v) is 14.4. The first-order chi connectivity index (χ1) is 11.0. The Labute approximate surface area is 143 Å². The number of carbonyl (C=O) groups excluding carboxylic acids is 2. The highest BCUT2D eigenvalue weighted by molar-refractivity contribution is 9.10. The summed E-state index contributed by atoms with van der Waals surface area (Å²) in [7, 11) is 1.47. The van der Waals surface area contributed by atoms with Crippen LogP contribution in [0.25, 0.3) is 0 Å². The van der Waals surface area contributed by atoms with E-state index in [9.17, 15) is 9.59 Å². The van der Waals surface area contributed by atoms with Crippen LogP contribution in [-0.4, -0.2) is 25.0 Å². The van der Waals surface area contributed by atoms with Crippen molar-refractivity contribution < 1.29 is 14.3 Å². The molecule has 0 aromatic heterocycles. The van der Waals surface area contributed by atoms with Crippen LogP contribution in [0.5, 0.6) is 0 Å². The summed E-state index contributed by atoms with van der Waals surface area (Å²) in [5.41, 5.74) is 1.72. The number of benzene rings is 2. The minimum absolute atomic E-state index is 0.230. The van der Waals surface area contributed by atoms with Gasteiger partial charge in [-0.15, -0.1) is 0 Å². The Bertz CT molecular complexity index is 718. The fourth-order valence-electron chi connectivity index (χ4n) is 1.87. The number of anilines is 2. The van der Waals surface area contributed by atoms with Crippen molar-refractivity contribution in [3.05, 3.63) is 58.6 Å². The predicted octanol–water partition coefficient (Wildman–Crippen LogP) is 3.67. The monoisotopic (exact) mass is 376 g/mol. The van der Waals surface area contributed by atoms with Crippen LogP contribution < -0.4 is 10.6 Å². The van der Waals surface area contributed by atoms with Gasteiger partial charge < -0.3 is 15.4 Å². The van der Waals surface area contributed by atoms with E-state index in [2.05, 4.69) is 26.6 Å². The summed E-state index contributed by atoms with van der Waals surface area (Å²) < 4.78 is 5.68. The van der Waals surface area contributed by atoms with Crippen molar-refractivity contribution in [2.45, 2.75) is 13.0 Å². The molecule has 0 aliphatic carbocycles. The van der Waals surface area contributed by atoms with E-state index in [0.717, 1.165) is 4.47 Å².